The Hall–Kier alpha value is -1.93. The van der Waals surface area contributed by atoms with Gasteiger partial charge in [0.2, 0.25) is 21.8 Å². The minimum absolute atomic E-state index is 0.0120. The molecule has 1 aromatic carbocycles. The summed E-state index contributed by atoms with van der Waals surface area (Å²) < 4.78 is 22.4. The third kappa shape index (κ3) is 7.10. The van der Waals surface area contributed by atoms with Gasteiger partial charge in [-0.15, -0.1) is 0 Å². The number of rotatable bonds is 6. The molecule has 0 fully saturated rings. The first-order valence-electron chi connectivity index (χ1n) is 7.57. The number of benzene rings is 1. The van der Waals surface area contributed by atoms with E-state index in [-0.39, 0.29) is 28.8 Å². The Labute approximate surface area is 143 Å². The molecule has 24 heavy (non-hydrogen) atoms. The number of amides is 2. The van der Waals surface area contributed by atoms with E-state index in [0.717, 1.165) is 5.56 Å². The first kappa shape index (κ1) is 20.1. The topological polar surface area (TPSA) is 110 Å². The molecule has 7 nitrogen and oxygen atoms in total. The molecule has 0 saturated heterocycles. The summed E-state index contributed by atoms with van der Waals surface area (Å²) in [6.07, 6.45) is 0.507. The lowest BCUT2D eigenvalue weighted by molar-refractivity contribution is -0.134. The van der Waals surface area contributed by atoms with Gasteiger partial charge < -0.3 is 10.2 Å². The van der Waals surface area contributed by atoms with Gasteiger partial charge in [0.25, 0.3) is 0 Å². The lowest BCUT2D eigenvalue weighted by Crippen LogP contribution is -2.47. The third-order valence-electron chi connectivity index (χ3n) is 3.22. The first-order chi connectivity index (χ1) is 10.9. The van der Waals surface area contributed by atoms with E-state index in [0.29, 0.717) is 13.0 Å². The highest BCUT2D eigenvalue weighted by Gasteiger charge is 2.18. The number of nitrogens with zero attached hydrogens (tertiary/aromatic N) is 1. The Kier molecular flexibility index (Phi) is 6.50. The van der Waals surface area contributed by atoms with Crippen molar-refractivity contribution in [3.05, 3.63) is 29.8 Å². The number of sulfonamides is 1. The zero-order chi connectivity index (χ0) is 18.5. The molecule has 0 atom stereocenters. The van der Waals surface area contributed by atoms with Crippen LogP contribution < -0.4 is 10.5 Å². The van der Waals surface area contributed by atoms with E-state index < -0.39 is 10.0 Å². The van der Waals surface area contributed by atoms with Crippen LogP contribution in [0, 0.1) is 0 Å². The van der Waals surface area contributed by atoms with Crippen LogP contribution >= 0.6 is 0 Å². The van der Waals surface area contributed by atoms with Crippen LogP contribution in [0.5, 0.6) is 0 Å². The molecule has 0 spiro atoms. The van der Waals surface area contributed by atoms with E-state index in [4.69, 9.17) is 5.14 Å². The number of hydrogen-bond acceptors (Lipinski definition) is 4. The van der Waals surface area contributed by atoms with Gasteiger partial charge >= 0.3 is 0 Å². The van der Waals surface area contributed by atoms with Crippen LogP contribution in [0.25, 0.3) is 0 Å². The summed E-state index contributed by atoms with van der Waals surface area (Å²) in [4.78, 5) is 25.2. The average Bonchev–Trinajstić information content (AvgIpc) is 2.40. The van der Waals surface area contributed by atoms with Crippen LogP contribution in [0.15, 0.2) is 29.2 Å². The number of nitrogens with two attached hydrogens (primary N) is 1. The molecule has 134 valence electrons. The number of primary sulfonamides is 1. The maximum absolute atomic E-state index is 12.0. The molecule has 1 aromatic rings. The van der Waals surface area contributed by atoms with Gasteiger partial charge in [-0.1, -0.05) is 12.1 Å². The molecule has 0 bridgehead atoms. The monoisotopic (exact) mass is 355 g/mol. The second-order valence-electron chi connectivity index (χ2n) is 6.68. The lowest BCUT2D eigenvalue weighted by Gasteiger charge is -2.25. The van der Waals surface area contributed by atoms with Gasteiger partial charge in [-0.05, 0) is 44.9 Å². The zero-order valence-electron chi connectivity index (χ0n) is 14.5. The number of carbonyl (C=O) groups is 2. The largest absolute Gasteiger partial charge is 0.350 e. The quantitative estimate of drug-likeness (QED) is 0.780. The number of nitrogens with one attached hydrogen (secondary N) is 1. The summed E-state index contributed by atoms with van der Waals surface area (Å²) in [5, 5.41) is 7.86. The average molecular weight is 355 g/mol. The van der Waals surface area contributed by atoms with E-state index in [9.17, 15) is 18.0 Å². The van der Waals surface area contributed by atoms with Gasteiger partial charge in [-0.3, -0.25) is 9.59 Å². The maximum Gasteiger partial charge on any atom is 0.240 e. The second kappa shape index (κ2) is 7.76. The second-order valence-corrected chi connectivity index (χ2v) is 8.24. The standard InChI is InChI=1S/C16H25N3O4S/c1-12(20)19(11-15(21)18-16(2,3)4)10-9-13-5-7-14(8-6-13)24(17,22)23/h5-8H,9-11H2,1-4H3,(H,18,21)(H2,17,22,23). The van der Waals surface area contributed by atoms with Crippen LogP contribution in [0.2, 0.25) is 0 Å². The number of carbonyl (C=O) groups excluding carboxylic acids is 2. The van der Waals surface area contributed by atoms with Crippen LogP contribution in [-0.4, -0.2) is 43.8 Å². The Balaban J connectivity index is 2.67. The summed E-state index contributed by atoms with van der Waals surface area (Å²) >= 11 is 0. The Morgan fingerprint density at radius 1 is 1.17 bits per heavy atom. The third-order valence-corrected chi connectivity index (χ3v) is 4.15. The van der Waals surface area contributed by atoms with Gasteiger partial charge in [0.1, 0.15) is 0 Å². The molecule has 1 rings (SSSR count). The molecule has 2 amide bonds. The predicted octanol–water partition coefficient (Wildman–Crippen LogP) is 0.640. The molecule has 0 radical (unpaired) electrons. The fraction of sp³-hybridized carbons (Fsp3) is 0.500. The molecule has 8 heteroatoms. The van der Waals surface area contributed by atoms with Crippen molar-refractivity contribution in [1.82, 2.24) is 10.2 Å². The van der Waals surface area contributed by atoms with Crippen molar-refractivity contribution < 1.29 is 18.0 Å². The smallest absolute Gasteiger partial charge is 0.240 e. The summed E-state index contributed by atoms with van der Waals surface area (Å²) in [6, 6.07) is 6.14. The minimum atomic E-state index is -3.72. The Morgan fingerprint density at radius 2 is 1.71 bits per heavy atom. The van der Waals surface area contributed by atoms with Crippen molar-refractivity contribution in [2.75, 3.05) is 13.1 Å². The lowest BCUT2D eigenvalue weighted by atomic mass is 10.1. The van der Waals surface area contributed by atoms with Gasteiger partial charge in [0.05, 0.1) is 11.4 Å². The van der Waals surface area contributed by atoms with Gasteiger partial charge in [0.15, 0.2) is 0 Å². The molecule has 0 heterocycles. The SMILES string of the molecule is CC(=O)N(CCc1ccc(S(N)(=O)=O)cc1)CC(=O)NC(C)(C)C. The van der Waals surface area contributed by atoms with Crippen molar-refractivity contribution in [2.24, 2.45) is 5.14 Å². The van der Waals surface area contributed by atoms with Gasteiger partial charge in [-0.25, -0.2) is 13.6 Å². The fourth-order valence-electron chi connectivity index (χ4n) is 2.09. The molecule has 0 aromatic heterocycles. The van der Waals surface area contributed by atoms with E-state index in [1.807, 2.05) is 20.8 Å². The van der Waals surface area contributed by atoms with Gasteiger partial charge in [-0.2, -0.15) is 0 Å². The molecule has 0 saturated carbocycles. The minimum Gasteiger partial charge on any atom is -0.350 e. The zero-order valence-corrected chi connectivity index (χ0v) is 15.3. The van der Waals surface area contributed by atoms with Crippen LogP contribution in [0.3, 0.4) is 0 Å². The molecule has 0 aliphatic heterocycles. The molecule has 0 unspecified atom stereocenters. The maximum atomic E-state index is 12.0. The number of hydrogen-bond donors (Lipinski definition) is 2. The molecular weight excluding hydrogens is 330 g/mol. The van der Waals surface area contributed by atoms with E-state index >= 15 is 0 Å². The van der Waals surface area contributed by atoms with Crippen molar-refractivity contribution >= 4 is 21.8 Å². The summed E-state index contributed by atoms with van der Waals surface area (Å²) in [7, 11) is -3.72. The highest BCUT2D eigenvalue weighted by molar-refractivity contribution is 7.89. The molecule has 0 aliphatic carbocycles. The Bertz CT molecular complexity index is 691. The van der Waals surface area contributed by atoms with Crippen molar-refractivity contribution in [2.45, 2.75) is 44.6 Å². The van der Waals surface area contributed by atoms with Gasteiger partial charge in [0, 0.05) is 19.0 Å². The fourth-order valence-corrected chi connectivity index (χ4v) is 2.60. The first-order valence-corrected chi connectivity index (χ1v) is 9.11. The summed E-state index contributed by atoms with van der Waals surface area (Å²) in [5.74, 6) is -0.414. The van der Waals surface area contributed by atoms with E-state index in [1.165, 1.54) is 24.0 Å². The van der Waals surface area contributed by atoms with E-state index in [2.05, 4.69) is 5.32 Å². The van der Waals surface area contributed by atoms with E-state index in [1.54, 1.807) is 12.1 Å². The highest BCUT2D eigenvalue weighted by atomic mass is 32.2. The van der Waals surface area contributed by atoms with Crippen LogP contribution in [0.4, 0.5) is 0 Å². The molecule has 0 aliphatic rings. The van der Waals surface area contributed by atoms with Crippen molar-refractivity contribution in [3.8, 4) is 0 Å². The normalized spacial score (nSPS) is 11.9. The van der Waals surface area contributed by atoms with Crippen LogP contribution in [0.1, 0.15) is 33.3 Å². The van der Waals surface area contributed by atoms with Crippen molar-refractivity contribution in [3.63, 3.8) is 0 Å². The predicted molar refractivity (Wildman–Crippen MR) is 91.7 cm³/mol. The van der Waals surface area contributed by atoms with Crippen LogP contribution in [-0.2, 0) is 26.0 Å². The molecule has 3 N–H and O–H groups in total. The Morgan fingerprint density at radius 3 is 2.12 bits per heavy atom. The highest BCUT2D eigenvalue weighted by Crippen LogP contribution is 2.10. The summed E-state index contributed by atoms with van der Waals surface area (Å²) in [5.41, 5.74) is 0.494. The summed E-state index contributed by atoms with van der Waals surface area (Å²) in [6.45, 7) is 7.38. The van der Waals surface area contributed by atoms with Crippen molar-refractivity contribution in [1.29, 1.82) is 0 Å². The molecular formula is C16H25N3O4S.